The number of anilines is 5. The van der Waals surface area contributed by atoms with Crippen LogP contribution in [-0.4, -0.2) is 13.7 Å². The lowest BCUT2D eigenvalue weighted by molar-refractivity contribution is 1.03. The van der Waals surface area contributed by atoms with Gasteiger partial charge in [0.2, 0.25) is 0 Å². The first kappa shape index (κ1) is 65.3. The van der Waals surface area contributed by atoms with Gasteiger partial charge in [0.15, 0.2) is 0 Å². The van der Waals surface area contributed by atoms with Gasteiger partial charge in [0.25, 0.3) is 0 Å². The predicted molar refractivity (Wildman–Crippen MR) is 423 cm³/mol. The van der Waals surface area contributed by atoms with Crippen LogP contribution in [0.1, 0.15) is 36.5 Å². The maximum Gasteiger partial charge on any atom is 0.0540 e. The number of hydrogen-bond acceptors (Lipinski definition) is 4. The minimum atomic E-state index is 1.10. The van der Waals surface area contributed by atoms with Gasteiger partial charge in [-0.25, -0.2) is 0 Å². The third kappa shape index (κ3) is 15.3. The van der Waals surface area contributed by atoms with E-state index >= 15 is 0 Å². The number of benzene rings is 13. The first-order chi connectivity index (χ1) is 46.2. The van der Waals surface area contributed by atoms with Crippen molar-refractivity contribution in [3.63, 3.8) is 0 Å². The van der Waals surface area contributed by atoms with Crippen LogP contribution in [0.25, 0.3) is 89.7 Å². The highest BCUT2D eigenvalue weighted by molar-refractivity contribution is 7.26. The monoisotopic (exact) mass is 1270 g/mol. The van der Waals surface area contributed by atoms with Crippen molar-refractivity contribution in [1.82, 2.24) is 0 Å². The standard InChI is InChI=1S/C59H46N2S.C12H8S.C7H8.C6H6.C4H6.CH5P/c1-39-13-4-7-20-50(39)51-32-27-44(35-40(51)2)45-28-33-58-55(36-45)56-38-48(31-34-59(56)62-58)60(3)47-18-12-19-49(37-47)61(57-24-11-17-42-15-6-9-22-54(42)57)46-29-25-43(26-30-46)53-23-10-16-41-14-5-8-21-52(41)53;1-3-7-11-9(5-1)10-6-2-4-8-12(10)13-11;1-7-5-3-2-4-6-7;1-2-4-6-5-3-1;1-3-4-2;1-2/h4-6,8-19,21-38H,7,20H2,1-3H3;1-8H;2-6H,1H3;1-6H;3-4H,1-2H2;2H2,1H3. The van der Waals surface area contributed by atoms with E-state index in [1.165, 1.54) is 112 Å². The summed E-state index contributed by atoms with van der Waals surface area (Å²) in [5.74, 6) is 0. The lowest BCUT2D eigenvalue weighted by atomic mass is 9.88. The van der Waals surface area contributed by atoms with E-state index in [0.29, 0.717) is 0 Å². The third-order valence-electron chi connectivity index (χ3n) is 16.9. The van der Waals surface area contributed by atoms with Crippen molar-refractivity contribution >= 4 is 128 Å². The summed E-state index contributed by atoms with van der Waals surface area (Å²) in [6, 6.07) is 109. The van der Waals surface area contributed by atoms with Crippen LogP contribution >= 0.6 is 31.9 Å². The highest BCUT2D eigenvalue weighted by Crippen LogP contribution is 2.44. The Labute approximate surface area is 566 Å². The van der Waals surface area contributed by atoms with Crippen LogP contribution in [-0.2, 0) is 0 Å². The number of rotatable bonds is 9. The molecule has 94 heavy (non-hydrogen) atoms. The normalized spacial score (nSPS) is 11.4. The molecule has 0 bridgehead atoms. The van der Waals surface area contributed by atoms with Crippen molar-refractivity contribution in [1.29, 1.82) is 0 Å². The molecule has 0 N–H and O–H groups in total. The smallest absolute Gasteiger partial charge is 0.0540 e. The molecule has 0 amide bonds. The maximum atomic E-state index is 3.36. The highest BCUT2D eigenvalue weighted by atomic mass is 32.1. The summed E-state index contributed by atoms with van der Waals surface area (Å²) in [5, 5.41) is 10.3. The molecule has 2 heterocycles. The van der Waals surface area contributed by atoms with Crippen LogP contribution in [0.3, 0.4) is 0 Å². The summed E-state index contributed by atoms with van der Waals surface area (Å²) in [7, 11) is 4.60. The molecular formula is C89H79N2PS2. The van der Waals surface area contributed by atoms with Crippen molar-refractivity contribution in [3.05, 3.63) is 363 Å². The SMILES string of the molecule is C=CC=C.CC1=C(c2ccc(-c3ccc4sc5ccc(N(C)c6cccc(N(c7ccc(-c8cccc9ccccc89)cc7)c7cccc8ccccc78)c6)cc5c4c3)cc2C)CCC=C1.CP.Cc1ccccc1.c1ccc2c(c1)sc1ccccc12.c1ccccc1. The molecule has 16 rings (SSSR count). The fourth-order valence-electron chi connectivity index (χ4n) is 12.1. The van der Waals surface area contributed by atoms with Crippen LogP contribution in [0, 0.1) is 13.8 Å². The molecule has 1 aliphatic carbocycles. The van der Waals surface area contributed by atoms with Crippen molar-refractivity contribution in [3.8, 4) is 22.3 Å². The lowest BCUT2D eigenvalue weighted by Gasteiger charge is -2.29. The second-order valence-electron chi connectivity index (χ2n) is 23.0. The zero-order chi connectivity index (χ0) is 65.2. The Bertz CT molecular complexity index is 5000. The average Bonchev–Trinajstić information content (AvgIpc) is 1.34. The third-order valence-corrected chi connectivity index (χ3v) is 19.2. The molecule has 15 aromatic rings. The van der Waals surface area contributed by atoms with E-state index in [-0.39, 0.29) is 0 Å². The molecule has 0 radical (unpaired) electrons. The van der Waals surface area contributed by atoms with E-state index in [9.17, 15) is 0 Å². The molecule has 2 aromatic heterocycles. The summed E-state index contributed by atoms with van der Waals surface area (Å²) in [6.07, 6.45) is 10.1. The fourth-order valence-corrected chi connectivity index (χ4v) is 14.3. The van der Waals surface area contributed by atoms with Gasteiger partial charge < -0.3 is 9.80 Å². The molecule has 0 saturated carbocycles. The molecule has 1 atom stereocenters. The molecule has 2 nitrogen and oxygen atoms in total. The van der Waals surface area contributed by atoms with Crippen molar-refractivity contribution in [2.24, 2.45) is 0 Å². The van der Waals surface area contributed by atoms with Gasteiger partial charge >= 0.3 is 0 Å². The summed E-state index contributed by atoms with van der Waals surface area (Å²) in [4.78, 5) is 4.72. The van der Waals surface area contributed by atoms with Crippen LogP contribution in [0.15, 0.2) is 346 Å². The summed E-state index contributed by atoms with van der Waals surface area (Å²) in [5.41, 5.74) is 17.5. The second-order valence-corrected chi connectivity index (χ2v) is 25.2. The van der Waals surface area contributed by atoms with Crippen molar-refractivity contribution < 1.29 is 0 Å². The molecule has 462 valence electrons. The van der Waals surface area contributed by atoms with Gasteiger partial charge in [-0.05, 0) is 173 Å². The van der Waals surface area contributed by atoms with E-state index in [1.54, 1.807) is 12.2 Å². The van der Waals surface area contributed by atoms with Gasteiger partial charge in [-0.2, -0.15) is 0 Å². The minimum Gasteiger partial charge on any atom is -0.345 e. The first-order valence-electron chi connectivity index (χ1n) is 32.1. The van der Waals surface area contributed by atoms with Crippen LogP contribution < -0.4 is 9.80 Å². The van der Waals surface area contributed by atoms with Gasteiger partial charge in [0, 0.05) is 75.5 Å². The zero-order valence-corrected chi connectivity index (χ0v) is 57.1. The predicted octanol–water partition coefficient (Wildman–Crippen LogP) is 27.0. The van der Waals surface area contributed by atoms with Gasteiger partial charge in [0.1, 0.15) is 0 Å². The highest BCUT2D eigenvalue weighted by Gasteiger charge is 2.19. The summed E-state index contributed by atoms with van der Waals surface area (Å²) in [6.45, 7) is 15.2. The van der Waals surface area contributed by atoms with E-state index in [4.69, 9.17) is 0 Å². The van der Waals surface area contributed by atoms with Gasteiger partial charge in [-0.1, -0.05) is 274 Å². The number of aryl methyl sites for hydroxylation is 2. The van der Waals surface area contributed by atoms with Crippen molar-refractivity contribution in [2.45, 2.75) is 33.6 Å². The number of thiophene rings is 2. The molecule has 13 aromatic carbocycles. The van der Waals surface area contributed by atoms with E-state index < -0.39 is 0 Å². The second kappa shape index (κ2) is 31.9. The van der Waals surface area contributed by atoms with E-state index in [2.05, 4.69) is 321 Å². The van der Waals surface area contributed by atoms with E-state index in [1.807, 2.05) is 83.9 Å². The van der Waals surface area contributed by atoms with Gasteiger partial charge in [-0.15, -0.1) is 31.9 Å². The number of allylic oxidation sites excluding steroid dienone is 6. The van der Waals surface area contributed by atoms with Crippen LogP contribution in [0.5, 0.6) is 0 Å². The summed E-state index contributed by atoms with van der Waals surface area (Å²) >= 11 is 3.73. The molecule has 1 aliphatic rings. The van der Waals surface area contributed by atoms with Crippen molar-refractivity contribution in [2.75, 3.05) is 23.5 Å². The van der Waals surface area contributed by atoms with Gasteiger partial charge in [-0.3, -0.25) is 0 Å². The van der Waals surface area contributed by atoms with Crippen LogP contribution in [0.2, 0.25) is 0 Å². The Morgan fingerprint density at radius 3 is 1.46 bits per heavy atom. The molecule has 5 heteroatoms. The number of hydrogen-bond donors (Lipinski definition) is 0. The molecule has 0 fully saturated rings. The van der Waals surface area contributed by atoms with Gasteiger partial charge in [0.05, 0.1) is 5.69 Å². The molecular weight excluding hydrogens is 1190 g/mol. The number of fused-ring (bicyclic) bond motifs is 8. The average molecular weight is 1270 g/mol. The Morgan fingerprint density at radius 2 is 0.840 bits per heavy atom. The quantitative estimate of drug-likeness (QED) is 0.105. The molecule has 0 aliphatic heterocycles. The largest absolute Gasteiger partial charge is 0.345 e. The zero-order valence-electron chi connectivity index (χ0n) is 54.3. The maximum absolute atomic E-state index is 3.36. The minimum absolute atomic E-state index is 1.10. The number of nitrogens with zero attached hydrogens (tertiary/aromatic N) is 2. The topological polar surface area (TPSA) is 6.48 Å². The first-order valence-corrected chi connectivity index (χ1v) is 34.8. The Kier molecular flexibility index (Phi) is 22.2. The Balaban J connectivity index is 0.000000228. The Hall–Kier alpha value is -10.2. The molecule has 0 saturated heterocycles. The molecule has 0 spiro atoms. The van der Waals surface area contributed by atoms with E-state index in [0.717, 1.165) is 41.3 Å². The Morgan fingerprint density at radius 1 is 0.372 bits per heavy atom. The van der Waals surface area contributed by atoms with Crippen LogP contribution in [0.4, 0.5) is 28.4 Å². The summed E-state index contributed by atoms with van der Waals surface area (Å²) < 4.78 is 5.37. The lowest BCUT2D eigenvalue weighted by Crippen LogP contribution is -2.13. The molecule has 1 unspecified atom stereocenters. The fraction of sp³-hybridized carbons (Fsp3) is 0.0787.